The largest absolute Gasteiger partial charge is 0.370 e. The van der Waals surface area contributed by atoms with Gasteiger partial charge >= 0.3 is 0 Å². The lowest BCUT2D eigenvalue weighted by Gasteiger charge is -2.37. The Morgan fingerprint density at radius 2 is 1.66 bits per heavy atom. The molecule has 3 rings (SSSR count). The van der Waals surface area contributed by atoms with Crippen molar-refractivity contribution >= 4 is 39.1 Å². The molecule has 0 bridgehead atoms. The van der Waals surface area contributed by atoms with Gasteiger partial charge in [-0.15, -0.1) is 0 Å². The second kappa shape index (κ2) is 14.1. The molecule has 1 unspecified atom stereocenters. The fourth-order valence-electron chi connectivity index (χ4n) is 5.03. The Morgan fingerprint density at radius 1 is 1.05 bits per heavy atom. The van der Waals surface area contributed by atoms with Crippen molar-refractivity contribution in [1.29, 1.82) is 0 Å². The van der Waals surface area contributed by atoms with Crippen LogP contribution in [0.2, 0.25) is 10.0 Å². The summed E-state index contributed by atoms with van der Waals surface area (Å²) >= 11 is 12.1. The summed E-state index contributed by atoms with van der Waals surface area (Å²) in [6.45, 7) is 0.522. The molecule has 2 aromatic rings. The fourth-order valence-corrected chi connectivity index (χ4v) is 7.27. The average Bonchev–Trinajstić information content (AvgIpc) is 2.87. The first-order valence-corrected chi connectivity index (χ1v) is 14.9. The quantitative estimate of drug-likeness (QED) is 0.354. The Bertz CT molecular complexity index is 1150. The average molecular weight is 589 g/mol. The molecule has 1 atom stereocenters. The molecule has 0 radical (unpaired) electrons. The number of carbonyl (C=O) groups is 1. The molecular formula is C27H36Cl2FN3O4S. The molecule has 0 heterocycles. The third-order valence-corrected chi connectivity index (χ3v) is 9.88. The van der Waals surface area contributed by atoms with Crippen molar-refractivity contribution in [2.75, 3.05) is 47.4 Å². The number of hydrogen-bond acceptors (Lipinski definition) is 5. The van der Waals surface area contributed by atoms with E-state index < -0.39 is 10.0 Å². The monoisotopic (exact) mass is 587 g/mol. The van der Waals surface area contributed by atoms with Crippen LogP contribution in [0.3, 0.4) is 0 Å². The van der Waals surface area contributed by atoms with Crippen LogP contribution in [0, 0.1) is 17.7 Å². The van der Waals surface area contributed by atoms with Gasteiger partial charge in [0.2, 0.25) is 15.9 Å². The maximum Gasteiger partial charge on any atom is 0.246 e. The Kier molecular flexibility index (Phi) is 11.4. The first-order valence-electron chi connectivity index (χ1n) is 12.7. The number of benzene rings is 2. The number of sulfonamides is 1. The van der Waals surface area contributed by atoms with Gasteiger partial charge in [0.1, 0.15) is 17.3 Å². The van der Waals surface area contributed by atoms with E-state index in [1.807, 2.05) is 12.1 Å². The lowest BCUT2D eigenvalue weighted by Crippen LogP contribution is -2.36. The van der Waals surface area contributed by atoms with Gasteiger partial charge < -0.3 is 15.0 Å². The summed E-state index contributed by atoms with van der Waals surface area (Å²) in [6, 6.07) is 11.5. The number of likely N-dealkylation sites (N-methyl/N-ethyl adjacent to an activating group) is 1. The number of hydrogen-bond donors (Lipinski definition) is 1. The molecule has 210 valence electrons. The summed E-state index contributed by atoms with van der Waals surface area (Å²) in [5, 5.41) is 3.03. The second-order valence-electron chi connectivity index (χ2n) is 9.97. The minimum Gasteiger partial charge on any atom is -0.370 e. The molecule has 2 aromatic carbocycles. The number of nitrogens with zero attached hydrogens (tertiary/aromatic N) is 2. The number of rotatable bonds is 12. The van der Waals surface area contributed by atoms with E-state index in [4.69, 9.17) is 27.9 Å². The predicted octanol–water partition coefficient (Wildman–Crippen LogP) is 5.00. The fraction of sp³-hybridized carbons (Fsp3) is 0.519. The van der Waals surface area contributed by atoms with Crippen molar-refractivity contribution in [3.05, 3.63) is 63.9 Å². The summed E-state index contributed by atoms with van der Waals surface area (Å²) in [5.74, 6) is 0.403. The van der Waals surface area contributed by atoms with Crippen LogP contribution in [0.5, 0.6) is 0 Å². The van der Waals surface area contributed by atoms with E-state index in [-0.39, 0.29) is 52.5 Å². The molecule has 0 spiro atoms. The zero-order valence-electron chi connectivity index (χ0n) is 22.0. The Balaban J connectivity index is 1.37. The number of halogens is 3. The van der Waals surface area contributed by atoms with Gasteiger partial charge in [0.05, 0.1) is 16.7 Å². The normalized spacial score (nSPS) is 19.1. The second-order valence-corrected chi connectivity index (χ2v) is 12.8. The lowest BCUT2D eigenvalue weighted by atomic mass is 9.76. The molecule has 0 aliphatic heterocycles. The lowest BCUT2D eigenvalue weighted by molar-refractivity contribution is -0.126. The van der Waals surface area contributed by atoms with Gasteiger partial charge in [-0.3, -0.25) is 4.79 Å². The van der Waals surface area contributed by atoms with Gasteiger partial charge in [-0.25, -0.2) is 12.8 Å². The van der Waals surface area contributed by atoms with E-state index in [0.717, 1.165) is 35.6 Å². The van der Waals surface area contributed by atoms with Crippen molar-refractivity contribution < 1.29 is 22.3 Å². The molecule has 38 heavy (non-hydrogen) atoms. The third-order valence-electron chi connectivity index (χ3n) is 7.06. The highest BCUT2D eigenvalue weighted by atomic mass is 35.5. The van der Waals surface area contributed by atoms with Crippen LogP contribution < -0.4 is 5.32 Å². The van der Waals surface area contributed by atoms with Crippen LogP contribution in [0.15, 0.2) is 47.4 Å². The highest BCUT2D eigenvalue weighted by Gasteiger charge is 2.30. The highest BCUT2D eigenvalue weighted by Crippen LogP contribution is 2.39. The summed E-state index contributed by atoms with van der Waals surface area (Å²) in [5.41, 5.74) is 1.12. The van der Waals surface area contributed by atoms with E-state index in [9.17, 15) is 17.6 Å². The highest BCUT2D eigenvalue weighted by molar-refractivity contribution is 7.89. The van der Waals surface area contributed by atoms with Gasteiger partial charge in [0, 0.05) is 26.2 Å². The van der Waals surface area contributed by atoms with E-state index in [0.29, 0.717) is 18.4 Å². The topological polar surface area (TPSA) is 79.0 Å². The third kappa shape index (κ3) is 8.13. The predicted molar refractivity (Wildman–Crippen MR) is 148 cm³/mol. The zero-order valence-corrected chi connectivity index (χ0v) is 24.3. The maximum atomic E-state index is 13.4. The summed E-state index contributed by atoms with van der Waals surface area (Å²) < 4.78 is 45.4. The molecule has 1 saturated carbocycles. The van der Waals surface area contributed by atoms with Gasteiger partial charge in [-0.05, 0) is 81.4 Å². The molecule has 7 nitrogen and oxygen atoms in total. The summed E-state index contributed by atoms with van der Waals surface area (Å²) in [6.07, 6.45) is 4.08. The molecule has 1 aliphatic rings. The van der Waals surface area contributed by atoms with E-state index in [2.05, 4.69) is 24.3 Å². The minimum atomic E-state index is -3.89. The van der Waals surface area contributed by atoms with E-state index in [1.54, 1.807) is 6.07 Å². The van der Waals surface area contributed by atoms with E-state index >= 15 is 0 Å². The van der Waals surface area contributed by atoms with E-state index in [1.165, 1.54) is 31.3 Å². The molecule has 1 fully saturated rings. The first-order chi connectivity index (χ1) is 18.0. The van der Waals surface area contributed by atoms with Crippen LogP contribution in [0.25, 0.3) is 0 Å². The number of carbonyl (C=O) groups excluding carboxylic acids is 1. The van der Waals surface area contributed by atoms with Crippen molar-refractivity contribution in [2.45, 2.75) is 36.6 Å². The van der Waals surface area contributed by atoms with Gasteiger partial charge in [0.15, 0.2) is 0 Å². The maximum absolute atomic E-state index is 13.4. The summed E-state index contributed by atoms with van der Waals surface area (Å²) in [7, 11) is 1.63. The SMILES string of the molecule is CN(C)C(c1ccc(F)cc1)C1CCC(CNC(=O)COCCN(C)S(=O)(=O)c2c(Cl)cccc2Cl)CC1. The molecule has 1 aliphatic carbocycles. The van der Waals surface area contributed by atoms with Crippen LogP contribution in [-0.2, 0) is 19.6 Å². The molecule has 0 saturated heterocycles. The Morgan fingerprint density at radius 3 is 2.24 bits per heavy atom. The number of nitrogens with one attached hydrogen (secondary N) is 1. The van der Waals surface area contributed by atoms with Gasteiger partial charge in [-0.1, -0.05) is 41.4 Å². The van der Waals surface area contributed by atoms with Gasteiger partial charge in [-0.2, -0.15) is 4.31 Å². The van der Waals surface area contributed by atoms with Crippen LogP contribution in [0.4, 0.5) is 4.39 Å². The summed E-state index contributed by atoms with van der Waals surface area (Å²) in [4.78, 5) is 14.3. The molecule has 1 N–H and O–H groups in total. The molecule has 11 heteroatoms. The van der Waals surface area contributed by atoms with Crippen molar-refractivity contribution in [2.24, 2.45) is 11.8 Å². The standard InChI is InChI=1S/C27H36Cl2FN3O4S/c1-32(2)26(21-11-13-22(30)14-12-21)20-9-7-19(8-10-20)17-31-25(34)18-37-16-15-33(3)38(35,36)27-23(28)5-4-6-24(27)29/h4-6,11-14,19-20,26H,7-10,15-18H2,1-3H3,(H,31,34). The van der Waals surface area contributed by atoms with Crippen molar-refractivity contribution in [3.8, 4) is 0 Å². The Labute approximate surface area is 235 Å². The van der Waals surface area contributed by atoms with Gasteiger partial charge in [0.25, 0.3) is 0 Å². The van der Waals surface area contributed by atoms with Crippen LogP contribution in [0.1, 0.15) is 37.3 Å². The van der Waals surface area contributed by atoms with Crippen molar-refractivity contribution in [3.63, 3.8) is 0 Å². The zero-order chi connectivity index (χ0) is 27.9. The van der Waals surface area contributed by atoms with Crippen LogP contribution in [-0.4, -0.2) is 71.0 Å². The molecular weight excluding hydrogens is 552 g/mol. The molecule has 0 aromatic heterocycles. The first kappa shape index (κ1) is 30.8. The minimum absolute atomic E-state index is 0.0439. The smallest absolute Gasteiger partial charge is 0.246 e. The number of amides is 1. The van der Waals surface area contributed by atoms with Crippen LogP contribution >= 0.6 is 23.2 Å². The van der Waals surface area contributed by atoms with Crippen molar-refractivity contribution in [1.82, 2.24) is 14.5 Å². The number of ether oxygens (including phenoxy) is 1. The molecule has 1 amide bonds. The Hall–Kier alpha value is -1.75.